The molecule has 0 spiro atoms. The summed E-state index contributed by atoms with van der Waals surface area (Å²) in [5, 5.41) is 7.02. The lowest BCUT2D eigenvalue weighted by molar-refractivity contribution is -0.145. The molecule has 194 valence electrons. The van der Waals surface area contributed by atoms with Gasteiger partial charge in [-0.2, -0.15) is 5.10 Å². The van der Waals surface area contributed by atoms with Gasteiger partial charge in [-0.25, -0.2) is 13.1 Å². The van der Waals surface area contributed by atoms with Gasteiger partial charge >= 0.3 is 0 Å². The lowest BCUT2D eigenvalue weighted by atomic mass is 9.85. The molecule has 1 aliphatic carbocycles. The molecular weight excluding hydrogens is 490 g/mol. The van der Waals surface area contributed by atoms with E-state index in [9.17, 15) is 18.0 Å². The Labute approximate surface area is 216 Å². The predicted octanol–water partition coefficient (Wildman–Crippen LogP) is 2.62. The Balaban J connectivity index is 1.20. The summed E-state index contributed by atoms with van der Waals surface area (Å²) in [6.07, 6.45) is 5.90. The smallest absolute Gasteiger partial charge is 0.240 e. The van der Waals surface area contributed by atoms with Crippen molar-refractivity contribution >= 4 is 21.8 Å². The Bertz CT molecular complexity index is 1360. The van der Waals surface area contributed by atoms with Gasteiger partial charge in [0.1, 0.15) is 6.54 Å². The van der Waals surface area contributed by atoms with E-state index in [1.807, 2.05) is 43.6 Å². The largest absolute Gasteiger partial charge is 0.352 e. The molecule has 9 nitrogen and oxygen atoms in total. The molecule has 1 atom stereocenters. The van der Waals surface area contributed by atoms with Crippen molar-refractivity contribution in [3.05, 3.63) is 72.6 Å². The van der Waals surface area contributed by atoms with E-state index in [2.05, 4.69) is 15.1 Å². The quantitative estimate of drug-likeness (QED) is 0.518. The highest BCUT2D eigenvalue weighted by Crippen LogP contribution is 2.31. The maximum Gasteiger partial charge on any atom is 0.240 e. The van der Waals surface area contributed by atoms with Crippen LogP contribution in [-0.4, -0.2) is 54.0 Å². The Morgan fingerprint density at radius 3 is 2.35 bits per heavy atom. The highest BCUT2D eigenvalue weighted by Gasteiger charge is 2.37. The Kier molecular flexibility index (Phi) is 7.12. The second-order valence-corrected chi connectivity index (χ2v) is 11.5. The molecule has 0 bridgehead atoms. The number of aromatic nitrogens is 2. The first-order chi connectivity index (χ1) is 17.8. The highest BCUT2D eigenvalue weighted by molar-refractivity contribution is 7.89. The zero-order valence-corrected chi connectivity index (χ0v) is 21.5. The topological polar surface area (TPSA) is 113 Å². The van der Waals surface area contributed by atoms with Crippen LogP contribution in [-0.2, 0) is 26.7 Å². The number of hydrogen-bond donors (Lipinski definition) is 2. The molecule has 1 saturated heterocycles. The number of nitrogens with zero attached hydrogens (tertiary/aromatic N) is 3. The van der Waals surface area contributed by atoms with Gasteiger partial charge in [0.05, 0.1) is 17.1 Å². The Morgan fingerprint density at radius 1 is 1.00 bits per heavy atom. The van der Waals surface area contributed by atoms with Gasteiger partial charge in [-0.15, -0.1) is 0 Å². The summed E-state index contributed by atoms with van der Waals surface area (Å²) < 4.78 is 30.5. The Hall–Kier alpha value is -3.50. The number of carbonyl (C=O) groups excluding carboxylic acids is 2. The molecule has 37 heavy (non-hydrogen) atoms. The zero-order valence-electron chi connectivity index (χ0n) is 20.7. The molecule has 2 aromatic carbocycles. The number of nitrogens with one attached hydrogen (secondary N) is 2. The lowest BCUT2D eigenvalue weighted by Crippen LogP contribution is -2.54. The predicted molar refractivity (Wildman–Crippen MR) is 139 cm³/mol. The van der Waals surface area contributed by atoms with Crippen molar-refractivity contribution in [1.29, 1.82) is 0 Å². The van der Waals surface area contributed by atoms with Gasteiger partial charge in [-0.3, -0.25) is 14.3 Å². The molecule has 1 saturated carbocycles. The van der Waals surface area contributed by atoms with Crippen LogP contribution in [0.2, 0.25) is 0 Å². The van der Waals surface area contributed by atoms with Crippen molar-refractivity contribution in [2.75, 3.05) is 13.1 Å². The second kappa shape index (κ2) is 10.5. The van der Waals surface area contributed by atoms with Crippen LogP contribution in [0.3, 0.4) is 0 Å². The summed E-state index contributed by atoms with van der Waals surface area (Å²) in [6.45, 7) is 0.434. The summed E-state index contributed by atoms with van der Waals surface area (Å²) in [5.41, 5.74) is 2.81. The van der Waals surface area contributed by atoms with Crippen LogP contribution >= 0.6 is 0 Å². The van der Waals surface area contributed by atoms with Crippen LogP contribution < -0.4 is 10.0 Å². The molecule has 2 heterocycles. The normalized spacial score (nSPS) is 22.5. The summed E-state index contributed by atoms with van der Waals surface area (Å²) in [6, 6.07) is 16.0. The maximum absolute atomic E-state index is 13.4. The molecule has 2 fully saturated rings. The first-order valence-corrected chi connectivity index (χ1v) is 14.0. The molecule has 2 N–H and O–H groups in total. The minimum Gasteiger partial charge on any atom is -0.352 e. The van der Waals surface area contributed by atoms with Crippen LogP contribution in [0.1, 0.15) is 37.3 Å². The fourth-order valence-electron chi connectivity index (χ4n) is 5.22. The molecule has 2 aliphatic rings. The van der Waals surface area contributed by atoms with Crippen molar-refractivity contribution in [1.82, 2.24) is 24.7 Å². The standard InChI is InChI=1S/C27H31N5O4S/c1-31-17-22(15-29-31)19-9-13-24(14-10-19)37(35,36)30-23-11-7-21(8-12-23)27(34)32-18-26(33)28-16-25(32)20-5-3-2-4-6-20/h2-6,9-10,13-15,17,21,23,25,30H,7-8,11-12,16,18H2,1H3,(H,28,33)/t21?,23?,25-/m1/s1. The number of piperazine rings is 1. The first-order valence-electron chi connectivity index (χ1n) is 12.5. The van der Waals surface area contributed by atoms with Gasteiger partial charge in [0.2, 0.25) is 21.8 Å². The summed E-state index contributed by atoms with van der Waals surface area (Å²) in [7, 11) is -1.85. The van der Waals surface area contributed by atoms with Crippen molar-refractivity contribution in [2.24, 2.45) is 13.0 Å². The average Bonchev–Trinajstić information content (AvgIpc) is 3.35. The molecule has 1 aromatic heterocycles. The minimum absolute atomic E-state index is 0.0315. The summed E-state index contributed by atoms with van der Waals surface area (Å²) in [5.74, 6) is -0.413. The first kappa shape index (κ1) is 25.2. The molecule has 5 rings (SSSR count). The summed E-state index contributed by atoms with van der Waals surface area (Å²) in [4.78, 5) is 27.4. The Morgan fingerprint density at radius 2 is 1.70 bits per heavy atom. The fourth-order valence-corrected chi connectivity index (χ4v) is 6.53. The van der Waals surface area contributed by atoms with E-state index in [-0.39, 0.29) is 41.3 Å². The third kappa shape index (κ3) is 5.60. The monoisotopic (exact) mass is 521 g/mol. The number of rotatable bonds is 6. The molecule has 0 radical (unpaired) electrons. The van der Waals surface area contributed by atoms with Crippen LogP contribution in [0.5, 0.6) is 0 Å². The number of carbonyl (C=O) groups is 2. The number of hydrogen-bond acceptors (Lipinski definition) is 5. The number of benzene rings is 2. The molecule has 10 heteroatoms. The van der Waals surface area contributed by atoms with E-state index in [1.165, 1.54) is 0 Å². The maximum atomic E-state index is 13.4. The van der Waals surface area contributed by atoms with Crippen molar-refractivity contribution < 1.29 is 18.0 Å². The molecule has 0 unspecified atom stereocenters. The van der Waals surface area contributed by atoms with Crippen molar-refractivity contribution in [2.45, 2.75) is 42.7 Å². The number of amides is 2. The molecule has 1 aliphatic heterocycles. The summed E-state index contributed by atoms with van der Waals surface area (Å²) >= 11 is 0. The van der Waals surface area contributed by atoms with Crippen molar-refractivity contribution in [3.8, 4) is 11.1 Å². The fraction of sp³-hybridized carbons (Fsp3) is 0.370. The van der Waals surface area contributed by atoms with Gasteiger partial charge in [-0.1, -0.05) is 42.5 Å². The number of sulfonamides is 1. The highest BCUT2D eigenvalue weighted by atomic mass is 32.2. The number of aryl methyl sites for hydroxylation is 1. The SMILES string of the molecule is Cn1cc(-c2ccc(S(=O)(=O)NC3CCC(C(=O)N4CC(=O)NC[C@@H]4c4ccccc4)CC3)cc2)cn1. The lowest BCUT2D eigenvalue weighted by Gasteiger charge is -2.39. The van der Waals surface area contributed by atoms with Gasteiger partial charge in [0, 0.05) is 37.3 Å². The molecule has 3 aromatic rings. The van der Waals surface area contributed by atoms with E-state index in [4.69, 9.17) is 0 Å². The van der Waals surface area contributed by atoms with Crippen LogP contribution in [0.25, 0.3) is 11.1 Å². The van der Waals surface area contributed by atoms with E-state index < -0.39 is 10.0 Å². The van der Waals surface area contributed by atoms with Gasteiger partial charge in [0.25, 0.3) is 0 Å². The van der Waals surface area contributed by atoms with E-state index in [0.29, 0.717) is 32.2 Å². The zero-order chi connectivity index (χ0) is 26.0. The minimum atomic E-state index is -3.68. The van der Waals surface area contributed by atoms with Crippen LogP contribution in [0.15, 0.2) is 71.9 Å². The average molecular weight is 522 g/mol. The van der Waals surface area contributed by atoms with Gasteiger partial charge in [0.15, 0.2) is 0 Å². The van der Waals surface area contributed by atoms with Gasteiger partial charge in [-0.05, 0) is 48.9 Å². The van der Waals surface area contributed by atoms with E-state index >= 15 is 0 Å². The molecule has 2 amide bonds. The van der Waals surface area contributed by atoms with Crippen LogP contribution in [0.4, 0.5) is 0 Å². The third-order valence-electron chi connectivity index (χ3n) is 7.25. The van der Waals surface area contributed by atoms with E-state index in [1.54, 1.807) is 40.0 Å². The van der Waals surface area contributed by atoms with Crippen LogP contribution in [0, 0.1) is 5.92 Å². The van der Waals surface area contributed by atoms with Gasteiger partial charge < -0.3 is 10.2 Å². The van der Waals surface area contributed by atoms with Crippen molar-refractivity contribution in [3.63, 3.8) is 0 Å². The van der Waals surface area contributed by atoms with E-state index in [0.717, 1.165) is 16.7 Å². The molecular formula is C27H31N5O4S. The second-order valence-electron chi connectivity index (χ2n) is 9.79. The third-order valence-corrected chi connectivity index (χ3v) is 8.79.